The summed E-state index contributed by atoms with van der Waals surface area (Å²) < 4.78 is 28.8. The molecule has 3 nitrogen and oxygen atoms in total. The first-order valence-corrected chi connectivity index (χ1v) is 10.0. The maximum absolute atomic E-state index is 13.1. The third-order valence-corrected chi connectivity index (χ3v) is 7.28. The van der Waals surface area contributed by atoms with E-state index in [1.54, 1.807) is 16.1 Å². The Labute approximate surface area is 146 Å². The van der Waals surface area contributed by atoms with Crippen LogP contribution in [0.15, 0.2) is 29.2 Å². The lowest BCUT2D eigenvalue weighted by Crippen LogP contribution is -2.17. The van der Waals surface area contributed by atoms with Crippen molar-refractivity contribution in [3.05, 3.63) is 50.4 Å². The number of hydrogen-bond acceptors (Lipinski definition) is 2. The van der Waals surface area contributed by atoms with E-state index in [-0.39, 0.29) is 0 Å². The summed E-state index contributed by atoms with van der Waals surface area (Å²) in [5, 5.41) is 0. The van der Waals surface area contributed by atoms with Crippen LogP contribution in [0.5, 0.6) is 0 Å². The lowest BCUT2D eigenvalue weighted by Gasteiger charge is -2.13. The number of halogens is 1. The van der Waals surface area contributed by atoms with Gasteiger partial charge in [-0.3, -0.25) is 0 Å². The summed E-state index contributed by atoms with van der Waals surface area (Å²) >= 11 is 2.27. The van der Waals surface area contributed by atoms with E-state index in [1.165, 1.54) is 0 Å². The van der Waals surface area contributed by atoms with Crippen molar-refractivity contribution < 1.29 is 8.42 Å². The summed E-state index contributed by atoms with van der Waals surface area (Å²) in [7, 11) is -3.54. The molecule has 0 saturated heterocycles. The Morgan fingerprint density at radius 1 is 1.09 bits per heavy atom. The SMILES string of the molecule is CCCCc1c(I)c(C)c(C)n1S(=O)(=O)c1ccc(C)cc1. The summed E-state index contributed by atoms with van der Waals surface area (Å²) in [6.07, 6.45) is 2.82. The van der Waals surface area contributed by atoms with Crippen LogP contribution < -0.4 is 0 Å². The molecule has 1 aromatic carbocycles. The highest BCUT2D eigenvalue weighted by Gasteiger charge is 2.26. The molecule has 120 valence electrons. The fraction of sp³-hybridized carbons (Fsp3) is 0.412. The predicted molar refractivity (Wildman–Crippen MR) is 99.0 cm³/mol. The van der Waals surface area contributed by atoms with Crippen molar-refractivity contribution in [2.24, 2.45) is 0 Å². The first-order valence-electron chi connectivity index (χ1n) is 7.49. The molecule has 0 unspecified atom stereocenters. The molecule has 0 bridgehead atoms. The van der Waals surface area contributed by atoms with Crippen LogP contribution in [0.1, 0.15) is 42.3 Å². The van der Waals surface area contributed by atoms with E-state index in [1.807, 2.05) is 32.9 Å². The summed E-state index contributed by atoms with van der Waals surface area (Å²) in [6.45, 7) is 7.96. The van der Waals surface area contributed by atoms with Crippen LogP contribution in [-0.2, 0) is 16.4 Å². The fourth-order valence-electron chi connectivity index (χ4n) is 2.52. The van der Waals surface area contributed by atoms with E-state index >= 15 is 0 Å². The number of aryl methyl sites for hydroxylation is 1. The third-order valence-electron chi connectivity index (χ3n) is 4.00. The Kier molecular flexibility index (Phi) is 5.37. The molecule has 0 radical (unpaired) electrons. The zero-order valence-corrected chi connectivity index (χ0v) is 16.5. The molecule has 0 saturated carbocycles. The molecule has 22 heavy (non-hydrogen) atoms. The Bertz CT molecular complexity index is 774. The summed E-state index contributed by atoms with van der Waals surface area (Å²) in [5.41, 5.74) is 3.84. The van der Waals surface area contributed by atoms with E-state index in [2.05, 4.69) is 29.5 Å². The molecule has 2 aromatic rings. The Morgan fingerprint density at radius 3 is 2.23 bits per heavy atom. The van der Waals surface area contributed by atoms with E-state index in [4.69, 9.17) is 0 Å². The van der Waals surface area contributed by atoms with Crippen LogP contribution >= 0.6 is 22.6 Å². The predicted octanol–water partition coefficient (Wildman–Crippen LogP) is 4.60. The highest BCUT2D eigenvalue weighted by Crippen LogP contribution is 2.29. The zero-order valence-electron chi connectivity index (χ0n) is 13.5. The number of rotatable bonds is 5. The number of nitrogens with zero attached hydrogens (tertiary/aromatic N) is 1. The highest BCUT2D eigenvalue weighted by molar-refractivity contribution is 14.1. The molecule has 0 aliphatic heterocycles. The van der Waals surface area contributed by atoms with Gasteiger partial charge in [-0.05, 0) is 73.9 Å². The topological polar surface area (TPSA) is 39.1 Å². The number of unbranched alkanes of at least 4 members (excludes halogenated alkanes) is 1. The second kappa shape index (κ2) is 6.74. The molecule has 0 aliphatic rings. The van der Waals surface area contributed by atoms with Gasteiger partial charge in [-0.15, -0.1) is 0 Å². The van der Waals surface area contributed by atoms with Gasteiger partial charge in [-0.2, -0.15) is 0 Å². The van der Waals surface area contributed by atoms with Crippen molar-refractivity contribution in [2.45, 2.75) is 51.9 Å². The van der Waals surface area contributed by atoms with Gasteiger partial charge in [0.1, 0.15) is 0 Å². The van der Waals surface area contributed by atoms with Crippen LogP contribution in [0.4, 0.5) is 0 Å². The molecule has 0 atom stereocenters. The normalized spacial score (nSPS) is 11.9. The van der Waals surface area contributed by atoms with Crippen molar-refractivity contribution in [2.75, 3.05) is 0 Å². The van der Waals surface area contributed by atoms with Crippen molar-refractivity contribution >= 4 is 32.6 Å². The van der Waals surface area contributed by atoms with Gasteiger partial charge in [-0.25, -0.2) is 12.4 Å². The van der Waals surface area contributed by atoms with Gasteiger partial charge in [0, 0.05) is 15.0 Å². The molecule has 1 aromatic heterocycles. The second-order valence-corrected chi connectivity index (χ2v) is 8.52. The molecule has 0 spiro atoms. The Morgan fingerprint density at radius 2 is 1.68 bits per heavy atom. The van der Waals surface area contributed by atoms with E-state index in [0.717, 1.165) is 45.3 Å². The van der Waals surface area contributed by atoms with Gasteiger partial charge in [0.15, 0.2) is 0 Å². The van der Waals surface area contributed by atoms with Crippen LogP contribution in [-0.4, -0.2) is 12.4 Å². The molecule has 5 heteroatoms. The van der Waals surface area contributed by atoms with Gasteiger partial charge in [-0.1, -0.05) is 31.0 Å². The first-order chi connectivity index (χ1) is 10.3. The molecule has 0 aliphatic carbocycles. The molecule has 0 N–H and O–H groups in total. The van der Waals surface area contributed by atoms with Gasteiger partial charge in [0.2, 0.25) is 0 Å². The average molecular weight is 431 g/mol. The van der Waals surface area contributed by atoms with Crippen molar-refractivity contribution in [1.29, 1.82) is 0 Å². The van der Waals surface area contributed by atoms with Crippen LogP contribution in [0.3, 0.4) is 0 Å². The van der Waals surface area contributed by atoms with Crippen molar-refractivity contribution in [3.63, 3.8) is 0 Å². The van der Waals surface area contributed by atoms with Gasteiger partial charge in [0.05, 0.1) is 4.90 Å². The molecule has 1 heterocycles. The Balaban J connectivity index is 2.64. The minimum absolute atomic E-state index is 0.352. The maximum Gasteiger partial charge on any atom is 0.268 e. The first kappa shape index (κ1) is 17.5. The largest absolute Gasteiger partial charge is 0.268 e. The smallest absolute Gasteiger partial charge is 0.242 e. The molecular weight excluding hydrogens is 409 g/mol. The van der Waals surface area contributed by atoms with Gasteiger partial charge >= 0.3 is 0 Å². The highest BCUT2D eigenvalue weighted by atomic mass is 127. The third kappa shape index (κ3) is 3.11. The van der Waals surface area contributed by atoms with Crippen LogP contribution in [0.2, 0.25) is 0 Å². The van der Waals surface area contributed by atoms with Crippen LogP contribution in [0.25, 0.3) is 0 Å². The minimum atomic E-state index is -3.54. The monoisotopic (exact) mass is 431 g/mol. The average Bonchev–Trinajstić information content (AvgIpc) is 2.70. The molecule has 2 rings (SSSR count). The van der Waals surface area contributed by atoms with Crippen molar-refractivity contribution in [1.82, 2.24) is 3.97 Å². The molecular formula is C17H22INO2S. The summed E-state index contributed by atoms with van der Waals surface area (Å²) in [6, 6.07) is 7.07. The van der Waals surface area contributed by atoms with Crippen LogP contribution in [0, 0.1) is 24.3 Å². The minimum Gasteiger partial charge on any atom is -0.242 e. The quantitative estimate of drug-likeness (QED) is 0.650. The van der Waals surface area contributed by atoms with E-state index < -0.39 is 10.0 Å². The molecule has 0 amide bonds. The maximum atomic E-state index is 13.1. The van der Waals surface area contributed by atoms with Gasteiger partial charge in [0.25, 0.3) is 10.0 Å². The number of benzene rings is 1. The summed E-state index contributed by atoms with van der Waals surface area (Å²) in [5.74, 6) is 0. The van der Waals surface area contributed by atoms with Crippen molar-refractivity contribution in [3.8, 4) is 0 Å². The Hall–Kier alpha value is -0.820. The standard InChI is InChI=1S/C17H22INO2S/c1-5-6-7-16-17(18)13(3)14(4)19(16)22(20,21)15-10-8-12(2)9-11-15/h8-11H,5-7H2,1-4H3. The lowest BCUT2D eigenvalue weighted by atomic mass is 10.2. The van der Waals surface area contributed by atoms with E-state index in [0.29, 0.717) is 4.90 Å². The second-order valence-electron chi connectivity index (χ2n) is 5.66. The lowest BCUT2D eigenvalue weighted by molar-refractivity contribution is 0.582. The van der Waals surface area contributed by atoms with E-state index in [9.17, 15) is 8.42 Å². The number of hydrogen-bond donors (Lipinski definition) is 0. The fourth-order valence-corrected chi connectivity index (χ4v) is 5.24. The zero-order chi connectivity index (χ0) is 16.5. The molecule has 0 fully saturated rings. The van der Waals surface area contributed by atoms with Gasteiger partial charge < -0.3 is 0 Å². The number of aromatic nitrogens is 1. The summed E-state index contributed by atoms with van der Waals surface area (Å²) in [4.78, 5) is 0.352.